The van der Waals surface area contributed by atoms with E-state index in [0.29, 0.717) is 0 Å². The molecule has 18 heavy (non-hydrogen) atoms. The number of methoxy groups -OCH3 is 1. The van der Waals surface area contributed by atoms with Crippen molar-refractivity contribution in [2.45, 2.75) is 19.8 Å². The van der Waals surface area contributed by atoms with Crippen LogP contribution in [0.4, 0.5) is 0 Å². The molecule has 0 bridgehead atoms. The van der Waals surface area contributed by atoms with Gasteiger partial charge in [-0.2, -0.15) is 0 Å². The third-order valence-electron chi connectivity index (χ3n) is 2.66. The first kappa shape index (κ1) is 15.0. The molecule has 0 fully saturated rings. The fourth-order valence-electron chi connectivity index (χ4n) is 1.67. The molecule has 0 atom stereocenters. The number of ether oxygens (including phenoxy) is 2. The van der Waals surface area contributed by atoms with Crippen LogP contribution in [-0.4, -0.2) is 26.2 Å². The van der Waals surface area contributed by atoms with Gasteiger partial charge in [0.05, 0.1) is 24.7 Å². The normalized spacial score (nSPS) is 12.7. The summed E-state index contributed by atoms with van der Waals surface area (Å²) in [5, 5.41) is 0. The number of carbonyl (C=O) groups is 1. The van der Waals surface area contributed by atoms with Gasteiger partial charge in [-0.1, -0.05) is 6.07 Å². The standard InChI is InChI=1S/C10H11BrO.C3H7NO2/c1-7-4-5-9(11)10-8(7)3-2-6-12-10;1-6-3(5)2-4/h4-5H,2-3,6H2,1H3;2,4H2,1H3. The second-order valence-electron chi connectivity index (χ2n) is 3.90. The number of carbonyl (C=O) groups excluding carboxylic acids is 1. The van der Waals surface area contributed by atoms with E-state index in [9.17, 15) is 4.79 Å². The number of fused-ring (bicyclic) bond motifs is 1. The summed E-state index contributed by atoms with van der Waals surface area (Å²) in [6, 6.07) is 4.19. The van der Waals surface area contributed by atoms with Gasteiger partial charge < -0.3 is 15.2 Å². The minimum absolute atomic E-state index is 0.0312. The fourth-order valence-corrected chi connectivity index (χ4v) is 2.16. The Morgan fingerprint density at radius 3 is 2.78 bits per heavy atom. The van der Waals surface area contributed by atoms with E-state index in [4.69, 9.17) is 10.5 Å². The molecule has 0 saturated carbocycles. The number of benzene rings is 1. The summed E-state index contributed by atoms with van der Waals surface area (Å²) < 4.78 is 10.8. The number of halogens is 1. The van der Waals surface area contributed by atoms with Gasteiger partial charge in [0, 0.05) is 0 Å². The summed E-state index contributed by atoms with van der Waals surface area (Å²) >= 11 is 3.49. The Bertz CT molecular complexity index is 384. The molecular formula is C13H18BrNO3. The summed E-state index contributed by atoms with van der Waals surface area (Å²) in [4.78, 5) is 9.83. The van der Waals surface area contributed by atoms with Crippen LogP contribution >= 0.6 is 15.9 Å². The Balaban J connectivity index is 0.000000232. The summed E-state index contributed by atoms with van der Waals surface area (Å²) in [5.74, 6) is 0.677. The molecule has 4 nitrogen and oxygen atoms in total. The second kappa shape index (κ2) is 7.38. The molecule has 1 aromatic rings. The minimum atomic E-state index is -0.380. The van der Waals surface area contributed by atoms with E-state index in [-0.39, 0.29) is 12.5 Å². The van der Waals surface area contributed by atoms with Crippen molar-refractivity contribution < 1.29 is 14.3 Å². The predicted octanol–water partition coefficient (Wildman–Crippen LogP) is 2.20. The van der Waals surface area contributed by atoms with Crippen molar-refractivity contribution in [3.05, 3.63) is 27.7 Å². The fraction of sp³-hybridized carbons (Fsp3) is 0.462. The van der Waals surface area contributed by atoms with Crippen molar-refractivity contribution in [2.24, 2.45) is 5.73 Å². The smallest absolute Gasteiger partial charge is 0.319 e. The molecule has 0 amide bonds. The zero-order valence-electron chi connectivity index (χ0n) is 10.7. The molecule has 0 aromatic heterocycles. The molecule has 1 aliphatic heterocycles. The first-order valence-electron chi connectivity index (χ1n) is 5.77. The van der Waals surface area contributed by atoms with Crippen molar-refractivity contribution in [1.29, 1.82) is 0 Å². The second-order valence-corrected chi connectivity index (χ2v) is 4.76. The molecule has 0 radical (unpaired) electrons. The molecule has 1 heterocycles. The maximum Gasteiger partial charge on any atom is 0.319 e. The summed E-state index contributed by atoms with van der Waals surface area (Å²) in [6.45, 7) is 2.96. The van der Waals surface area contributed by atoms with E-state index in [2.05, 4.69) is 39.7 Å². The van der Waals surface area contributed by atoms with Gasteiger partial charge in [-0.25, -0.2) is 0 Å². The Labute approximate surface area is 116 Å². The topological polar surface area (TPSA) is 61.5 Å². The van der Waals surface area contributed by atoms with Crippen molar-refractivity contribution >= 4 is 21.9 Å². The molecule has 0 aliphatic carbocycles. The maximum atomic E-state index is 9.83. The van der Waals surface area contributed by atoms with Crippen molar-refractivity contribution in [3.8, 4) is 5.75 Å². The average molecular weight is 316 g/mol. The quantitative estimate of drug-likeness (QED) is 0.807. The van der Waals surface area contributed by atoms with Crippen LogP contribution in [0.25, 0.3) is 0 Å². The molecule has 2 rings (SSSR count). The molecule has 1 aromatic carbocycles. The highest BCUT2D eigenvalue weighted by Gasteiger charge is 2.14. The number of nitrogens with two attached hydrogens (primary N) is 1. The van der Waals surface area contributed by atoms with Crippen LogP contribution in [0.1, 0.15) is 17.5 Å². The molecule has 5 heteroatoms. The minimum Gasteiger partial charge on any atom is -0.492 e. The number of aryl methyl sites for hydroxylation is 1. The number of esters is 1. The van der Waals surface area contributed by atoms with E-state index in [0.717, 1.165) is 29.7 Å². The van der Waals surface area contributed by atoms with Gasteiger partial charge >= 0.3 is 5.97 Å². The van der Waals surface area contributed by atoms with Gasteiger partial charge in [0.15, 0.2) is 0 Å². The molecule has 0 saturated heterocycles. The van der Waals surface area contributed by atoms with Gasteiger partial charge in [-0.05, 0) is 52.9 Å². The Kier molecular flexibility index (Phi) is 6.15. The lowest BCUT2D eigenvalue weighted by Gasteiger charge is -2.20. The van der Waals surface area contributed by atoms with E-state index in [1.54, 1.807) is 0 Å². The summed E-state index contributed by atoms with van der Waals surface area (Å²) in [5.41, 5.74) is 7.52. The van der Waals surface area contributed by atoms with E-state index < -0.39 is 0 Å². The van der Waals surface area contributed by atoms with Gasteiger partial charge in [0.2, 0.25) is 0 Å². The van der Waals surface area contributed by atoms with Crippen molar-refractivity contribution in [3.63, 3.8) is 0 Å². The van der Waals surface area contributed by atoms with Crippen molar-refractivity contribution in [2.75, 3.05) is 20.3 Å². The molecule has 1 aliphatic rings. The van der Waals surface area contributed by atoms with E-state index in [1.165, 1.54) is 18.2 Å². The lowest BCUT2D eigenvalue weighted by molar-refractivity contribution is -0.138. The van der Waals surface area contributed by atoms with Crippen LogP contribution in [0.2, 0.25) is 0 Å². The molecule has 100 valence electrons. The van der Waals surface area contributed by atoms with Crippen LogP contribution in [0, 0.1) is 6.92 Å². The molecule has 0 spiro atoms. The van der Waals surface area contributed by atoms with Gasteiger partial charge in [0.25, 0.3) is 0 Å². The third-order valence-corrected chi connectivity index (χ3v) is 3.28. The van der Waals surface area contributed by atoms with E-state index in [1.807, 2.05) is 0 Å². The first-order chi connectivity index (χ1) is 8.60. The largest absolute Gasteiger partial charge is 0.492 e. The Morgan fingerprint density at radius 2 is 2.28 bits per heavy atom. The maximum absolute atomic E-state index is 9.83. The van der Waals surface area contributed by atoms with Crippen LogP contribution in [0.3, 0.4) is 0 Å². The Hall–Kier alpha value is -1.07. The molecule has 0 unspecified atom stereocenters. The monoisotopic (exact) mass is 315 g/mol. The molecular weight excluding hydrogens is 298 g/mol. The van der Waals surface area contributed by atoms with Crippen molar-refractivity contribution in [1.82, 2.24) is 0 Å². The Morgan fingerprint density at radius 1 is 1.56 bits per heavy atom. The SMILES string of the molecule is COC(=O)CN.Cc1ccc(Br)c2c1CCCO2. The number of hydrogen-bond acceptors (Lipinski definition) is 4. The highest BCUT2D eigenvalue weighted by molar-refractivity contribution is 9.10. The summed E-state index contributed by atoms with van der Waals surface area (Å²) in [7, 11) is 1.30. The predicted molar refractivity (Wildman–Crippen MR) is 73.8 cm³/mol. The highest BCUT2D eigenvalue weighted by Crippen LogP contribution is 2.34. The average Bonchev–Trinajstić information content (AvgIpc) is 2.43. The molecule has 2 N–H and O–H groups in total. The third kappa shape index (κ3) is 3.99. The number of rotatable bonds is 1. The van der Waals surface area contributed by atoms with Crippen LogP contribution < -0.4 is 10.5 Å². The van der Waals surface area contributed by atoms with E-state index >= 15 is 0 Å². The summed E-state index contributed by atoms with van der Waals surface area (Å²) in [6.07, 6.45) is 2.30. The lowest BCUT2D eigenvalue weighted by Crippen LogP contribution is -2.14. The van der Waals surface area contributed by atoms with Gasteiger partial charge in [0.1, 0.15) is 5.75 Å². The number of hydrogen-bond donors (Lipinski definition) is 1. The van der Waals surface area contributed by atoms with Crippen LogP contribution in [0.15, 0.2) is 16.6 Å². The van der Waals surface area contributed by atoms with Gasteiger partial charge in [-0.15, -0.1) is 0 Å². The van der Waals surface area contributed by atoms with Crippen LogP contribution in [0.5, 0.6) is 5.75 Å². The lowest BCUT2D eigenvalue weighted by atomic mass is 10.0. The first-order valence-corrected chi connectivity index (χ1v) is 6.57. The van der Waals surface area contributed by atoms with Crippen LogP contribution in [-0.2, 0) is 16.0 Å². The van der Waals surface area contributed by atoms with Gasteiger partial charge in [-0.3, -0.25) is 4.79 Å². The highest BCUT2D eigenvalue weighted by atomic mass is 79.9. The zero-order valence-corrected chi connectivity index (χ0v) is 12.2. The zero-order chi connectivity index (χ0) is 13.5.